The second-order valence-electron chi connectivity index (χ2n) is 12.4. The van der Waals surface area contributed by atoms with Crippen LogP contribution < -0.4 is 5.46 Å². The van der Waals surface area contributed by atoms with Crippen LogP contribution in [0.3, 0.4) is 0 Å². The summed E-state index contributed by atoms with van der Waals surface area (Å²) in [6.07, 6.45) is 15.6. The topological polar surface area (TPSA) is 44.8 Å². The van der Waals surface area contributed by atoms with E-state index in [1.807, 2.05) is 71.0 Å². The van der Waals surface area contributed by atoms with Crippen molar-refractivity contribution in [3.63, 3.8) is 0 Å². The van der Waals surface area contributed by atoms with E-state index < -0.39 is 7.12 Å². The van der Waals surface area contributed by atoms with Crippen molar-refractivity contribution < 1.29 is 18.8 Å². The van der Waals surface area contributed by atoms with Crippen molar-refractivity contribution in [2.24, 2.45) is 5.41 Å². The highest BCUT2D eigenvalue weighted by atomic mass is 16.7. The maximum atomic E-state index is 12.3. The van der Waals surface area contributed by atoms with Crippen molar-refractivity contribution >= 4 is 18.6 Å². The van der Waals surface area contributed by atoms with Crippen LogP contribution in [0, 0.1) is 5.41 Å². The monoisotopic (exact) mass is 516 g/mol. The molecule has 1 fully saturated rings. The number of rotatable bonds is 8. The highest BCUT2D eigenvalue weighted by Gasteiger charge is 2.51. The van der Waals surface area contributed by atoms with E-state index in [4.69, 9.17) is 14.0 Å². The third kappa shape index (κ3) is 7.71. The molecule has 38 heavy (non-hydrogen) atoms. The Hall–Kier alpha value is -2.63. The minimum atomic E-state index is -0.401. The van der Waals surface area contributed by atoms with E-state index in [0.717, 1.165) is 16.6 Å². The Bertz CT molecular complexity index is 1140. The van der Waals surface area contributed by atoms with E-state index in [-0.39, 0.29) is 29.2 Å². The molecule has 0 saturated carbocycles. The van der Waals surface area contributed by atoms with E-state index in [1.54, 1.807) is 0 Å². The minimum absolute atomic E-state index is 0.214. The van der Waals surface area contributed by atoms with Crippen molar-refractivity contribution in [1.82, 2.24) is 0 Å². The lowest BCUT2D eigenvalue weighted by Crippen LogP contribution is -2.41. The van der Waals surface area contributed by atoms with Crippen LogP contribution in [0.25, 0.3) is 0 Å². The largest absolute Gasteiger partial charge is 0.494 e. The predicted molar refractivity (Wildman–Crippen MR) is 158 cm³/mol. The molecule has 1 aromatic rings. The molecule has 1 aliphatic heterocycles. The molecule has 1 heterocycles. The summed E-state index contributed by atoms with van der Waals surface area (Å²) < 4.78 is 17.7. The molecule has 1 aliphatic carbocycles. The van der Waals surface area contributed by atoms with Crippen LogP contribution >= 0.6 is 0 Å². The average molecular weight is 517 g/mol. The smallest absolute Gasteiger partial charge is 0.458 e. The van der Waals surface area contributed by atoms with Crippen molar-refractivity contribution in [3.05, 3.63) is 88.6 Å². The molecular formula is C33H45BO4. The zero-order chi connectivity index (χ0) is 28.1. The van der Waals surface area contributed by atoms with Gasteiger partial charge in [0.2, 0.25) is 0 Å². The summed E-state index contributed by atoms with van der Waals surface area (Å²) >= 11 is 0. The first-order valence-electron chi connectivity index (χ1n) is 13.7. The van der Waals surface area contributed by atoms with Crippen molar-refractivity contribution in [2.75, 3.05) is 0 Å². The molecule has 0 aromatic heterocycles. The Morgan fingerprint density at radius 3 is 2.21 bits per heavy atom. The summed E-state index contributed by atoms with van der Waals surface area (Å²) in [5, 5.41) is 0. The fourth-order valence-corrected chi connectivity index (χ4v) is 4.81. The van der Waals surface area contributed by atoms with E-state index in [9.17, 15) is 4.79 Å². The second kappa shape index (κ2) is 12.0. The number of ether oxygens (including phenoxy) is 1. The molecule has 0 spiro atoms. The molecule has 1 saturated heterocycles. The lowest BCUT2D eigenvalue weighted by Gasteiger charge is -2.32. The van der Waals surface area contributed by atoms with Gasteiger partial charge in [0.25, 0.3) is 0 Å². The number of benzene rings is 1. The van der Waals surface area contributed by atoms with Gasteiger partial charge in [0.05, 0.1) is 11.2 Å². The summed E-state index contributed by atoms with van der Waals surface area (Å²) in [4.78, 5) is 12.3. The summed E-state index contributed by atoms with van der Waals surface area (Å²) in [6.45, 7) is 19.3. The number of carbonyl (C=O) groups is 1. The summed E-state index contributed by atoms with van der Waals surface area (Å²) in [6, 6.07) is 7.81. The van der Waals surface area contributed by atoms with Gasteiger partial charge < -0.3 is 14.0 Å². The molecular weight excluding hydrogens is 471 g/mol. The molecule has 4 nitrogen and oxygen atoms in total. The second-order valence-corrected chi connectivity index (χ2v) is 12.4. The van der Waals surface area contributed by atoms with Crippen LogP contribution in [0.4, 0.5) is 0 Å². The number of hydrogen-bond donors (Lipinski definition) is 0. The van der Waals surface area contributed by atoms with Crippen LogP contribution in [-0.2, 0) is 25.4 Å². The molecule has 0 radical (unpaired) electrons. The van der Waals surface area contributed by atoms with Gasteiger partial charge in [-0.05, 0) is 95.3 Å². The maximum Gasteiger partial charge on any atom is 0.494 e. The normalized spacial score (nSPS) is 21.6. The molecule has 0 unspecified atom stereocenters. The Morgan fingerprint density at radius 2 is 1.61 bits per heavy atom. The fourth-order valence-electron chi connectivity index (χ4n) is 4.81. The molecule has 5 heteroatoms. The van der Waals surface area contributed by atoms with Gasteiger partial charge in [-0.15, -0.1) is 0 Å². The van der Waals surface area contributed by atoms with E-state index in [0.29, 0.717) is 0 Å². The Labute approximate surface area is 230 Å². The zero-order valence-corrected chi connectivity index (χ0v) is 24.8. The lowest BCUT2D eigenvalue weighted by atomic mass is 9.72. The molecule has 0 atom stereocenters. The van der Waals surface area contributed by atoms with Gasteiger partial charge in [-0.2, -0.15) is 0 Å². The Kier molecular flexibility index (Phi) is 9.49. The van der Waals surface area contributed by atoms with Gasteiger partial charge in [0, 0.05) is 6.08 Å². The SMILES string of the molecule is CC1=C(/C=C/C(C)=C/C=C/C(C)=C/C(=O)OCc2ccc(B3OC(C)(C)C(C)(C)O3)cc2)C(C)(C)CCC1. The van der Waals surface area contributed by atoms with E-state index in [2.05, 4.69) is 45.9 Å². The van der Waals surface area contributed by atoms with Gasteiger partial charge >= 0.3 is 13.1 Å². The van der Waals surface area contributed by atoms with Gasteiger partial charge in [-0.1, -0.05) is 79.6 Å². The molecule has 2 aliphatic rings. The van der Waals surface area contributed by atoms with Crippen LogP contribution in [0.15, 0.2) is 83.0 Å². The average Bonchev–Trinajstić information content (AvgIpc) is 3.04. The maximum absolute atomic E-state index is 12.3. The number of carbonyl (C=O) groups excluding carboxylic acids is 1. The zero-order valence-electron chi connectivity index (χ0n) is 24.8. The van der Waals surface area contributed by atoms with Crippen LogP contribution in [0.1, 0.15) is 87.1 Å². The fraction of sp³-hybridized carbons (Fsp3) is 0.485. The van der Waals surface area contributed by atoms with Gasteiger partial charge in [0.1, 0.15) is 6.61 Å². The molecule has 3 rings (SSSR count). The number of esters is 1. The van der Waals surface area contributed by atoms with Crippen molar-refractivity contribution in [3.8, 4) is 0 Å². The molecule has 0 amide bonds. The standard InChI is InChI=1S/C33H45BO4/c1-24(15-20-29-26(3)14-11-21-31(29,4)5)12-10-13-25(2)22-30(35)36-23-27-16-18-28(19-17-27)34-37-32(6,7)33(8,9)38-34/h10,12-13,15-20,22H,11,14,21,23H2,1-9H3/b13-10+,20-15+,24-12+,25-22+. The summed E-state index contributed by atoms with van der Waals surface area (Å²) in [5.74, 6) is -0.357. The van der Waals surface area contributed by atoms with Gasteiger partial charge in [-0.3, -0.25) is 0 Å². The van der Waals surface area contributed by atoms with Gasteiger partial charge in [0.15, 0.2) is 0 Å². The number of hydrogen-bond acceptors (Lipinski definition) is 4. The van der Waals surface area contributed by atoms with Gasteiger partial charge in [-0.25, -0.2) is 4.79 Å². The highest BCUT2D eigenvalue weighted by Crippen LogP contribution is 2.41. The quantitative estimate of drug-likeness (QED) is 0.155. The molecule has 1 aromatic carbocycles. The molecule has 0 N–H and O–H groups in total. The Balaban J connectivity index is 1.50. The Morgan fingerprint density at radius 1 is 0.974 bits per heavy atom. The third-order valence-corrected chi connectivity index (χ3v) is 8.01. The van der Waals surface area contributed by atoms with E-state index in [1.165, 1.54) is 42.1 Å². The van der Waals surface area contributed by atoms with Crippen LogP contribution in [-0.4, -0.2) is 24.3 Å². The summed E-state index contributed by atoms with van der Waals surface area (Å²) in [7, 11) is -0.401. The van der Waals surface area contributed by atoms with Crippen LogP contribution in [0.2, 0.25) is 0 Å². The molecule has 204 valence electrons. The highest BCUT2D eigenvalue weighted by molar-refractivity contribution is 6.62. The first kappa shape index (κ1) is 29.9. The third-order valence-electron chi connectivity index (χ3n) is 8.01. The first-order chi connectivity index (χ1) is 17.7. The lowest BCUT2D eigenvalue weighted by molar-refractivity contribution is -0.139. The van der Waals surface area contributed by atoms with E-state index >= 15 is 0 Å². The van der Waals surface area contributed by atoms with Crippen molar-refractivity contribution in [2.45, 2.75) is 99.4 Å². The first-order valence-corrected chi connectivity index (χ1v) is 13.7. The summed E-state index contributed by atoms with van der Waals surface area (Å²) in [5.41, 5.74) is 6.32. The minimum Gasteiger partial charge on any atom is -0.458 e. The predicted octanol–water partition coefficient (Wildman–Crippen LogP) is 7.56. The van der Waals surface area contributed by atoms with Crippen molar-refractivity contribution in [1.29, 1.82) is 0 Å². The van der Waals surface area contributed by atoms with Crippen LogP contribution in [0.5, 0.6) is 0 Å². The molecule has 0 bridgehead atoms. The number of allylic oxidation sites excluding steroid dienone is 9.